The smallest absolute Gasteiger partial charge is 0.135 e. The molecule has 0 bridgehead atoms. The second-order valence-electron chi connectivity index (χ2n) is 4.40. The molecular formula is C15H15FN2S. The minimum atomic E-state index is -0.401. The number of hydrogen-bond acceptors (Lipinski definition) is 2. The van der Waals surface area contributed by atoms with Gasteiger partial charge >= 0.3 is 0 Å². The van der Waals surface area contributed by atoms with Gasteiger partial charge in [0.2, 0.25) is 0 Å². The molecule has 0 aliphatic heterocycles. The van der Waals surface area contributed by atoms with Crippen LogP contribution in [0, 0.1) is 12.7 Å². The molecule has 2 aromatic rings. The van der Waals surface area contributed by atoms with Crippen LogP contribution in [0.1, 0.15) is 16.7 Å². The van der Waals surface area contributed by atoms with E-state index in [-0.39, 0.29) is 10.6 Å². The summed E-state index contributed by atoms with van der Waals surface area (Å²) >= 11 is 4.76. The van der Waals surface area contributed by atoms with E-state index in [1.807, 2.05) is 31.2 Å². The SMILES string of the molecule is Cc1ccc(CNc2ccc(C(N)=S)c(F)c2)cc1. The molecule has 0 fully saturated rings. The zero-order chi connectivity index (χ0) is 13.8. The Kier molecular flexibility index (Phi) is 4.12. The van der Waals surface area contributed by atoms with Crippen molar-refractivity contribution >= 4 is 22.9 Å². The summed E-state index contributed by atoms with van der Waals surface area (Å²) in [6, 6.07) is 13.0. The van der Waals surface area contributed by atoms with Gasteiger partial charge in [0.25, 0.3) is 0 Å². The molecule has 98 valence electrons. The maximum absolute atomic E-state index is 13.7. The number of anilines is 1. The third kappa shape index (κ3) is 3.51. The first-order valence-electron chi connectivity index (χ1n) is 5.95. The summed E-state index contributed by atoms with van der Waals surface area (Å²) in [7, 11) is 0. The molecule has 0 saturated heterocycles. The first-order valence-corrected chi connectivity index (χ1v) is 6.36. The third-order valence-electron chi connectivity index (χ3n) is 2.85. The molecular weight excluding hydrogens is 259 g/mol. The Labute approximate surface area is 117 Å². The van der Waals surface area contributed by atoms with Crippen LogP contribution in [-0.4, -0.2) is 4.99 Å². The van der Waals surface area contributed by atoms with E-state index in [1.54, 1.807) is 12.1 Å². The number of aryl methyl sites for hydroxylation is 1. The lowest BCUT2D eigenvalue weighted by atomic mass is 10.1. The highest BCUT2D eigenvalue weighted by molar-refractivity contribution is 7.80. The molecule has 0 aromatic heterocycles. The molecule has 0 saturated carbocycles. The van der Waals surface area contributed by atoms with Crippen molar-refractivity contribution in [3.05, 3.63) is 65.0 Å². The van der Waals surface area contributed by atoms with Crippen molar-refractivity contribution in [3.8, 4) is 0 Å². The maximum Gasteiger partial charge on any atom is 0.135 e. The Hall–Kier alpha value is -1.94. The number of hydrogen-bond donors (Lipinski definition) is 2. The number of rotatable bonds is 4. The van der Waals surface area contributed by atoms with Crippen molar-refractivity contribution in [2.75, 3.05) is 5.32 Å². The number of nitrogens with two attached hydrogens (primary N) is 1. The van der Waals surface area contributed by atoms with Gasteiger partial charge in [-0.25, -0.2) is 4.39 Å². The molecule has 2 rings (SSSR count). The lowest BCUT2D eigenvalue weighted by Crippen LogP contribution is -2.12. The van der Waals surface area contributed by atoms with Crippen LogP contribution in [0.4, 0.5) is 10.1 Å². The van der Waals surface area contributed by atoms with Gasteiger partial charge in [-0.2, -0.15) is 0 Å². The fraction of sp³-hybridized carbons (Fsp3) is 0.133. The van der Waals surface area contributed by atoms with Crippen molar-refractivity contribution in [2.45, 2.75) is 13.5 Å². The predicted molar refractivity (Wildman–Crippen MR) is 80.8 cm³/mol. The van der Waals surface area contributed by atoms with Crippen LogP contribution in [0.15, 0.2) is 42.5 Å². The van der Waals surface area contributed by atoms with Crippen LogP contribution >= 0.6 is 12.2 Å². The lowest BCUT2D eigenvalue weighted by Gasteiger charge is -2.08. The monoisotopic (exact) mass is 274 g/mol. The Morgan fingerprint density at radius 3 is 2.47 bits per heavy atom. The van der Waals surface area contributed by atoms with Crippen molar-refractivity contribution in [3.63, 3.8) is 0 Å². The van der Waals surface area contributed by atoms with Crippen LogP contribution < -0.4 is 11.1 Å². The van der Waals surface area contributed by atoms with E-state index >= 15 is 0 Å². The standard InChI is InChI=1S/C15H15FN2S/c1-10-2-4-11(5-3-10)9-18-12-6-7-13(15(17)19)14(16)8-12/h2-8,18H,9H2,1H3,(H2,17,19). The molecule has 0 spiro atoms. The minimum Gasteiger partial charge on any atom is -0.389 e. The third-order valence-corrected chi connectivity index (χ3v) is 3.07. The number of nitrogens with one attached hydrogen (secondary N) is 1. The lowest BCUT2D eigenvalue weighted by molar-refractivity contribution is 0.626. The summed E-state index contributed by atoms with van der Waals surface area (Å²) in [6.45, 7) is 2.69. The van der Waals surface area contributed by atoms with Gasteiger partial charge in [0.1, 0.15) is 10.8 Å². The predicted octanol–water partition coefficient (Wildman–Crippen LogP) is 3.38. The minimum absolute atomic E-state index is 0.0718. The van der Waals surface area contributed by atoms with E-state index in [9.17, 15) is 4.39 Å². The molecule has 0 atom stereocenters. The van der Waals surface area contributed by atoms with E-state index in [4.69, 9.17) is 18.0 Å². The van der Waals surface area contributed by atoms with E-state index in [0.29, 0.717) is 12.2 Å². The zero-order valence-corrected chi connectivity index (χ0v) is 11.4. The highest BCUT2D eigenvalue weighted by Crippen LogP contribution is 2.15. The number of benzene rings is 2. The number of halogens is 1. The molecule has 2 nitrogen and oxygen atoms in total. The van der Waals surface area contributed by atoms with Crippen molar-refractivity contribution in [1.29, 1.82) is 0 Å². The van der Waals surface area contributed by atoms with Gasteiger partial charge < -0.3 is 11.1 Å². The van der Waals surface area contributed by atoms with Crippen LogP contribution in [0.25, 0.3) is 0 Å². The highest BCUT2D eigenvalue weighted by atomic mass is 32.1. The summed E-state index contributed by atoms with van der Waals surface area (Å²) < 4.78 is 13.7. The topological polar surface area (TPSA) is 38.0 Å². The average molecular weight is 274 g/mol. The molecule has 0 aliphatic carbocycles. The fourth-order valence-electron chi connectivity index (χ4n) is 1.73. The van der Waals surface area contributed by atoms with Gasteiger partial charge in [0, 0.05) is 17.8 Å². The maximum atomic E-state index is 13.7. The molecule has 19 heavy (non-hydrogen) atoms. The van der Waals surface area contributed by atoms with Gasteiger partial charge in [-0.05, 0) is 30.7 Å². The Morgan fingerprint density at radius 2 is 1.89 bits per heavy atom. The van der Waals surface area contributed by atoms with E-state index in [1.165, 1.54) is 11.6 Å². The zero-order valence-electron chi connectivity index (χ0n) is 10.6. The second-order valence-corrected chi connectivity index (χ2v) is 4.84. The normalized spacial score (nSPS) is 10.2. The Morgan fingerprint density at radius 1 is 1.21 bits per heavy atom. The molecule has 0 unspecified atom stereocenters. The molecule has 4 heteroatoms. The van der Waals surface area contributed by atoms with E-state index in [2.05, 4.69) is 5.32 Å². The van der Waals surface area contributed by atoms with Crippen LogP contribution in [0.3, 0.4) is 0 Å². The summed E-state index contributed by atoms with van der Waals surface area (Å²) in [5, 5.41) is 3.16. The Bertz CT molecular complexity index is 594. The van der Waals surface area contributed by atoms with Crippen LogP contribution in [-0.2, 0) is 6.54 Å². The molecule has 0 heterocycles. The van der Waals surface area contributed by atoms with Crippen molar-refractivity contribution in [1.82, 2.24) is 0 Å². The molecule has 0 amide bonds. The summed E-state index contributed by atoms with van der Waals surface area (Å²) in [6.07, 6.45) is 0. The van der Waals surface area contributed by atoms with Gasteiger partial charge in [-0.3, -0.25) is 0 Å². The van der Waals surface area contributed by atoms with Gasteiger partial charge in [0.15, 0.2) is 0 Å². The summed E-state index contributed by atoms with van der Waals surface area (Å²) in [5.74, 6) is -0.401. The quantitative estimate of drug-likeness (QED) is 0.839. The average Bonchev–Trinajstić information content (AvgIpc) is 2.37. The largest absolute Gasteiger partial charge is 0.389 e. The van der Waals surface area contributed by atoms with E-state index in [0.717, 1.165) is 5.56 Å². The Balaban J connectivity index is 2.06. The summed E-state index contributed by atoms with van der Waals surface area (Å²) in [5.41, 5.74) is 8.76. The highest BCUT2D eigenvalue weighted by Gasteiger charge is 2.05. The fourth-order valence-corrected chi connectivity index (χ4v) is 1.90. The second kappa shape index (κ2) is 5.80. The van der Waals surface area contributed by atoms with Crippen molar-refractivity contribution in [2.24, 2.45) is 5.73 Å². The van der Waals surface area contributed by atoms with Gasteiger partial charge in [-0.15, -0.1) is 0 Å². The summed E-state index contributed by atoms with van der Waals surface area (Å²) in [4.78, 5) is 0.0718. The molecule has 0 aliphatic rings. The van der Waals surface area contributed by atoms with Gasteiger partial charge in [0.05, 0.1) is 0 Å². The van der Waals surface area contributed by atoms with Gasteiger partial charge in [-0.1, -0.05) is 42.0 Å². The first-order chi connectivity index (χ1) is 9.06. The molecule has 3 N–H and O–H groups in total. The van der Waals surface area contributed by atoms with Crippen molar-refractivity contribution < 1.29 is 4.39 Å². The number of thiocarbonyl (C=S) groups is 1. The van der Waals surface area contributed by atoms with Crippen LogP contribution in [0.2, 0.25) is 0 Å². The first kappa shape index (κ1) is 13.5. The molecule has 2 aromatic carbocycles. The molecule has 0 radical (unpaired) electrons. The van der Waals surface area contributed by atoms with E-state index < -0.39 is 5.82 Å². The van der Waals surface area contributed by atoms with Crippen LogP contribution in [0.5, 0.6) is 0 Å².